The normalized spacial score (nSPS) is 19.0. The topological polar surface area (TPSA) is 69.6 Å². The zero-order valence-corrected chi connectivity index (χ0v) is 12.9. The quantitative estimate of drug-likeness (QED) is 0.879. The molecule has 2 rings (SSSR count). The Balaban J connectivity index is 2.23. The van der Waals surface area contributed by atoms with Gasteiger partial charge in [0.1, 0.15) is 6.04 Å². The maximum absolute atomic E-state index is 12.5. The predicted octanol–water partition coefficient (Wildman–Crippen LogP) is 2.65. The Bertz CT molecular complexity index is 563. The second-order valence-corrected chi connectivity index (χ2v) is 6.64. The number of nitrogens with one attached hydrogen (secondary N) is 1. The van der Waals surface area contributed by atoms with Gasteiger partial charge in [-0.05, 0) is 30.4 Å². The highest BCUT2D eigenvalue weighted by molar-refractivity contribution is 5.97. The summed E-state index contributed by atoms with van der Waals surface area (Å²) in [7, 11) is 0. The molecule has 1 aromatic rings. The summed E-state index contributed by atoms with van der Waals surface area (Å²) in [5.41, 5.74) is 1.42. The lowest BCUT2D eigenvalue weighted by atomic mass is 9.87. The zero-order valence-electron chi connectivity index (χ0n) is 12.9. The number of carbonyl (C=O) groups excluding carboxylic acids is 1. The number of benzene rings is 1. The van der Waals surface area contributed by atoms with Gasteiger partial charge in [0.2, 0.25) is 0 Å². The number of carboxylic acids is 1. The van der Waals surface area contributed by atoms with Gasteiger partial charge in [0.15, 0.2) is 0 Å². The van der Waals surface area contributed by atoms with Gasteiger partial charge in [0, 0.05) is 11.7 Å². The molecule has 0 aromatic heterocycles. The fraction of sp³-hybridized carbons (Fsp3) is 0.500. The highest BCUT2D eigenvalue weighted by atomic mass is 16.4. The van der Waals surface area contributed by atoms with Crippen LogP contribution in [0.5, 0.6) is 0 Å². The summed E-state index contributed by atoms with van der Waals surface area (Å²) in [5, 5.41) is 12.0. The molecule has 114 valence electrons. The van der Waals surface area contributed by atoms with E-state index in [1.165, 1.54) is 0 Å². The van der Waals surface area contributed by atoms with Gasteiger partial charge >= 0.3 is 12.0 Å². The maximum atomic E-state index is 12.5. The molecule has 0 aliphatic carbocycles. The summed E-state index contributed by atoms with van der Waals surface area (Å²) in [6.07, 6.45) is 0.789. The van der Waals surface area contributed by atoms with E-state index >= 15 is 0 Å². The molecule has 5 nitrogen and oxygen atoms in total. The first-order valence-electron chi connectivity index (χ1n) is 7.12. The summed E-state index contributed by atoms with van der Waals surface area (Å²) in [6.45, 7) is 7.36. The molecule has 0 spiro atoms. The Kier molecular flexibility index (Phi) is 3.94. The van der Waals surface area contributed by atoms with Gasteiger partial charge in [-0.15, -0.1) is 0 Å². The highest BCUT2D eigenvalue weighted by Gasteiger charge is 2.37. The van der Waals surface area contributed by atoms with Crippen LogP contribution in [0, 0.1) is 5.41 Å². The van der Waals surface area contributed by atoms with E-state index in [9.17, 15) is 14.7 Å². The van der Waals surface area contributed by atoms with E-state index in [0.717, 1.165) is 17.7 Å². The predicted molar refractivity (Wildman–Crippen MR) is 81.5 cm³/mol. The smallest absolute Gasteiger partial charge is 0.326 e. The molecular weight excluding hydrogens is 268 g/mol. The van der Waals surface area contributed by atoms with Gasteiger partial charge in [-0.1, -0.05) is 39.0 Å². The van der Waals surface area contributed by atoms with Crippen molar-refractivity contribution in [3.63, 3.8) is 0 Å². The number of fused-ring (bicyclic) bond motifs is 1. The first-order chi connectivity index (χ1) is 9.71. The minimum Gasteiger partial charge on any atom is -0.480 e. The fourth-order valence-corrected chi connectivity index (χ4v) is 2.72. The van der Waals surface area contributed by atoms with Crippen molar-refractivity contribution in [2.75, 3.05) is 4.90 Å². The number of urea groups is 1. The van der Waals surface area contributed by atoms with E-state index in [2.05, 4.69) is 5.32 Å². The molecule has 0 saturated carbocycles. The summed E-state index contributed by atoms with van der Waals surface area (Å²) in [4.78, 5) is 25.6. The monoisotopic (exact) mass is 290 g/mol. The number of hydrogen-bond acceptors (Lipinski definition) is 2. The lowest BCUT2D eigenvalue weighted by Gasteiger charge is -2.31. The Morgan fingerprint density at radius 1 is 1.33 bits per heavy atom. The molecule has 0 radical (unpaired) electrons. The highest BCUT2D eigenvalue weighted by Crippen LogP contribution is 2.32. The molecule has 1 aliphatic rings. The number of nitrogens with zero attached hydrogens (tertiary/aromatic N) is 1. The molecule has 5 heteroatoms. The summed E-state index contributed by atoms with van der Waals surface area (Å²) in [5.74, 6) is -1.02. The van der Waals surface area contributed by atoms with Crippen molar-refractivity contribution in [3.8, 4) is 0 Å². The standard InChI is InChI=1S/C16H22N2O3/c1-10-9-11-7-5-6-8-12(11)18(10)15(21)17-13(14(19)20)16(2,3)4/h5-8,10,13H,9H2,1-4H3,(H,17,21)(H,19,20). The van der Waals surface area contributed by atoms with Gasteiger partial charge in [0.05, 0.1) is 0 Å². The number of aliphatic carboxylic acids is 1. The number of hydrogen-bond donors (Lipinski definition) is 2. The van der Waals surface area contributed by atoms with Crippen molar-refractivity contribution in [1.82, 2.24) is 5.32 Å². The molecule has 1 aromatic carbocycles. The van der Waals surface area contributed by atoms with E-state index in [1.54, 1.807) is 25.7 Å². The first kappa shape index (κ1) is 15.4. The van der Waals surface area contributed by atoms with E-state index in [4.69, 9.17) is 0 Å². The number of carbonyl (C=O) groups is 2. The van der Waals surface area contributed by atoms with Gasteiger partial charge in [-0.25, -0.2) is 9.59 Å². The van der Waals surface area contributed by atoms with Crippen LogP contribution in [0.3, 0.4) is 0 Å². The van der Waals surface area contributed by atoms with Crippen molar-refractivity contribution in [3.05, 3.63) is 29.8 Å². The van der Waals surface area contributed by atoms with E-state index in [0.29, 0.717) is 0 Å². The molecule has 0 fully saturated rings. The third-order valence-corrected chi connectivity index (χ3v) is 3.81. The molecule has 0 bridgehead atoms. The van der Waals surface area contributed by atoms with Gasteiger partial charge in [-0.3, -0.25) is 4.90 Å². The number of carboxylic acid groups (broad SMARTS) is 1. The van der Waals surface area contributed by atoms with Crippen LogP contribution in [0.25, 0.3) is 0 Å². The zero-order chi connectivity index (χ0) is 15.8. The lowest BCUT2D eigenvalue weighted by molar-refractivity contribution is -0.141. The fourth-order valence-electron chi connectivity index (χ4n) is 2.72. The lowest BCUT2D eigenvalue weighted by Crippen LogP contribution is -2.54. The Morgan fingerprint density at radius 3 is 2.52 bits per heavy atom. The molecule has 2 amide bonds. The largest absolute Gasteiger partial charge is 0.480 e. The van der Waals surface area contributed by atoms with E-state index < -0.39 is 17.4 Å². The molecule has 2 unspecified atom stereocenters. The third-order valence-electron chi connectivity index (χ3n) is 3.81. The van der Waals surface area contributed by atoms with Gasteiger partial charge in [0.25, 0.3) is 0 Å². The van der Waals surface area contributed by atoms with E-state index in [1.807, 2.05) is 31.2 Å². The molecular formula is C16H22N2O3. The van der Waals surface area contributed by atoms with Crippen LogP contribution >= 0.6 is 0 Å². The first-order valence-corrected chi connectivity index (χ1v) is 7.12. The Labute approximate surface area is 125 Å². The van der Waals surface area contributed by atoms with Crippen LogP contribution in [0.1, 0.15) is 33.3 Å². The molecule has 21 heavy (non-hydrogen) atoms. The average molecular weight is 290 g/mol. The minimum atomic E-state index is -1.02. The van der Waals surface area contributed by atoms with Crippen LogP contribution < -0.4 is 10.2 Å². The third kappa shape index (κ3) is 3.01. The van der Waals surface area contributed by atoms with Crippen molar-refractivity contribution >= 4 is 17.7 Å². The van der Waals surface area contributed by atoms with Gasteiger partial charge < -0.3 is 10.4 Å². The van der Waals surface area contributed by atoms with Crippen LogP contribution in [0.15, 0.2) is 24.3 Å². The van der Waals surface area contributed by atoms with E-state index in [-0.39, 0.29) is 12.1 Å². The Morgan fingerprint density at radius 2 is 1.95 bits per heavy atom. The number of amides is 2. The van der Waals surface area contributed by atoms with Crippen molar-refractivity contribution in [2.24, 2.45) is 5.41 Å². The van der Waals surface area contributed by atoms with Crippen molar-refractivity contribution in [1.29, 1.82) is 0 Å². The minimum absolute atomic E-state index is 0.0248. The van der Waals surface area contributed by atoms with Crippen LogP contribution in [0.2, 0.25) is 0 Å². The summed E-state index contributed by atoms with van der Waals surface area (Å²) >= 11 is 0. The molecule has 1 heterocycles. The van der Waals surface area contributed by atoms with Crippen molar-refractivity contribution < 1.29 is 14.7 Å². The Hall–Kier alpha value is -2.04. The van der Waals surface area contributed by atoms with Crippen LogP contribution in [-0.2, 0) is 11.2 Å². The number of rotatable bonds is 2. The maximum Gasteiger partial charge on any atom is 0.326 e. The van der Waals surface area contributed by atoms with Gasteiger partial charge in [-0.2, -0.15) is 0 Å². The summed E-state index contributed by atoms with van der Waals surface area (Å²) in [6, 6.07) is 6.47. The average Bonchev–Trinajstić information content (AvgIpc) is 2.69. The van der Waals surface area contributed by atoms with Crippen LogP contribution in [0.4, 0.5) is 10.5 Å². The number of anilines is 1. The molecule has 2 atom stereocenters. The van der Waals surface area contributed by atoms with Crippen LogP contribution in [-0.4, -0.2) is 29.2 Å². The van der Waals surface area contributed by atoms with Crippen molar-refractivity contribution in [2.45, 2.75) is 46.2 Å². The second kappa shape index (κ2) is 5.39. The molecule has 1 aliphatic heterocycles. The number of para-hydroxylation sites is 1. The SMILES string of the molecule is CC1Cc2ccccc2N1C(=O)NC(C(=O)O)C(C)(C)C. The summed E-state index contributed by atoms with van der Waals surface area (Å²) < 4.78 is 0. The molecule has 0 saturated heterocycles. The molecule has 2 N–H and O–H groups in total. The second-order valence-electron chi connectivity index (χ2n) is 6.64.